The highest BCUT2D eigenvalue weighted by Crippen LogP contribution is 2.33. The van der Waals surface area contributed by atoms with Gasteiger partial charge in [-0.1, -0.05) is 82.9 Å². The minimum Gasteiger partial charge on any atom is -0.400 e. The van der Waals surface area contributed by atoms with Crippen molar-refractivity contribution in [1.82, 2.24) is 0 Å². The summed E-state index contributed by atoms with van der Waals surface area (Å²) in [4.78, 5) is 0. The molecule has 0 saturated heterocycles. The second-order valence-corrected chi connectivity index (χ2v) is 7.77. The Morgan fingerprint density at radius 3 is 2.24 bits per heavy atom. The predicted octanol–water partition coefficient (Wildman–Crippen LogP) is 8.03. The number of aliphatic hydroxyl groups excluding tert-OH is 2. The average molecular weight is 409 g/mol. The van der Waals surface area contributed by atoms with E-state index in [-0.39, 0.29) is 6.10 Å². The number of allylic oxidation sites excluding steroid dienone is 4. The molecule has 29 heavy (non-hydrogen) atoms. The van der Waals surface area contributed by atoms with Crippen LogP contribution in [0.15, 0.2) is 49.1 Å². The lowest BCUT2D eigenvalue weighted by molar-refractivity contribution is 0.178. The first-order valence-electron chi connectivity index (χ1n) is 11.6. The van der Waals surface area contributed by atoms with Crippen LogP contribution in [0, 0.1) is 11.8 Å². The van der Waals surface area contributed by atoms with Crippen molar-refractivity contribution in [3.05, 3.63) is 49.1 Å². The Labute approximate surface area is 183 Å². The van der Waals surface area contributed by atoms with Gasteiger partial charge in [0.25, 0.3) is 0 Å². The minimum absolute atomic E-state index is 0.134. The van der Waals surface area contributed by atoms with E-state index in [4.69, 9.17) is 5.11 Å². The Bertz CT molecular complexity index is 409. The number of unbranched alkanes of at least 4 members (excludes halogenated alkanes) is 1. The number of rotatable bonds is 11. The lowest BCUT2D eigenvalue weighted by atomic mass is 9.98. The summed E-state index contributed by atoms with van der Waals surface area (Å²) in [5.74, 6) is 1.39. The normalized spacial score (nSPS) is 18.6. The van der Waals surface area contributed by atoms with Crippen molar-refractivity contribution in [2.45, 2.75) is 105 Å². The SMILES string of the molecule is C=C(C)CC/C=C\CC[C@@H]1C[C@H](O)CC1=C.C=CCC(C)CCCC.CC.CO. The van der Waals surface area contributed by atoms with E-state index < -0.39 is 0 Å². The molecule has 3 atom stereocenters. The van der Waals surface area contributed by atoms with Crippen molar-refractivity contribution in [1.29, 1.82) is 0 Å². The van der Waals surface area contributed by atoms with Crippen LogP contribution in [-0.4, -0.2) is 23.4 Å². The van der Waals surface area contributed by atoms with Gasteiger partial charge in [0.2, 0.25) is 0 Å². The molecule has 1 fully saturated rings. The Morgan fingerprint density at radius 2 is 1.79 bits per heavy atom. The van der Waals surface area contributed by atoms with Crippen LogP contribution in [0.25, 0.3) is 0 Å². The third-order valence-electron chi connectivity index (χ3n) is 4.84. The number of hydrogen-bond acceptors (Lipinski definition) is 2. The Balaban J connectivity index is -0.000000443. The van der Waals surface area contributed by atoms with Gasteiger partial charge in [0.15, 0.2) is 0 Å². The topological polar surface area (TPSA) is 40.5 Å². The van der Waals surface area contributed by atoms with Crippen molar-refractivity contribution < 1.29 is 10.2 Å². The van der Waals surface area contributed by atoms with Gasteiger partial charge in [0, 0.05) is 7.11 Å². The van der Waals surface area contributed by atoms with E-state index in [1.54, 1.807) is 0 Å². The molecule has 1 aliphatic rings. The predicted molar refractivity (Wildman–Crippen MR) is 133 cm³/mol. The zero-order valence-corrected chi connectivity index (χ0v) is 20.6. The second kappa shape index (κ2) is 24.9. The summed E-state index contributed by atoms with van der Waals surface area (Å²) in [5.41, 5.74) is 2.49. The van der Waals surface area contributed by atoms with E-state index in [1.165, 1.54) is 36.8 Å². The molecule has 1 unspecified atom stereocenters. The third-order valence-corrected chi connectivity index (χ3v) is 4.84. The van der Waals surface area contributed by atoms with Gasteiger partial charge >= 0.3 is 0 Å². The first kappa shape index (κ1) is 32.5. The third kappa shape index (κ3) is 23.0. The van der Waals surface area contributed by atoms with E-state index in [9.17, 15) is 5.11 Å². The lowest BCUT2D eigenvalue weighted by Crippen LogP contribution is -1.99. The molecule has 2 heteroatoms. The molecule has 0 bridgehead atoms. The summed E-state index contributed by atoms with van der Waals surface area (Å²) in [5, 5.41) is 16.5. The van der Waals surface area contributed by atoms with E-state index in [1.807, 2.05) is 19.9 Å². The van der Waals surface area contributed by atoms with Crippen molar-refractivity contribution in [2.75, 3.05) is 7.11 Å². The summed E-state index contributed by atoms with van der Waals surface area (Å²) < 4.78 is 0. The fourth-order valence-corrected chi connectivity index (χ4v) is 3.19. The van der Waals surface area contributed by atoms with Crippen LogP contribution < -0.4 is 0 Å². The van der Waals surface area contributed by atoms with Crippen LogP contribution in [0.4, 0.5) is 0 Å². The van der Waals surface area contributed by atoms with Crippen molar-refractivity contribution in [3.8, 4) is 0 Å². The maximum absolute atomic E-state index is 9.48. The molecule has 0 aliphatic heterocycles. The van der Waals surface area contributed by atoms with Gasteiger partial charge < -0.3 is 10.2 Å². The van der Waals surface area contributed by atoms with Gasteiger partial charge in [-0.15, -0.1) is 13.2 Å². The van der Waals surface area contributed by atoms with Crippen LogP contribution in [0.3, 0.4) is 0 Å². The van der Waals surface area contributed by atoms with Gasteiger partial charge in [-0.2, -0.15) is 0 Å². The summed E-state index contributed by atoms with van der Waals surface area (Å²) in [7, 11) is 1.00. The Morgan fingerprint density at radius 1 is 1.21 bits per heavy atom. The lowest BCUT2D eigenvalue weighted by Gasteiger charge is -2.08. The molecule has 2 N–H and O–H groups in total. The van der Waals surface area contributed by atoms with Crippen LogP contribution in [0.1, 0.15) is 98.8 Å². The zero-order valence-electron chi connectivity index (χ0n) is 20.6. The van der Waals surface area contributed by atoms with Crippen LogP contribution in [0.2, 0.25) is 0 Å². The number of hydrogen-bond donors (Lipinski definition) is 2. The summed E-state index contributed by atoms with van der Waals surface area (Å²) >= 11 is 0. The first-order valence-corrected chi connectivity index (χ1v) is 11.6. The van der Waals surface area contributed by atoms with Gasteiger partial charge in [0.05, 0.1) is 6.10 Å². The molecule has 0 spiro atoms. The molecule has 0 radical (unpaired) electrons. The average Bonchev–Trinajstić information content (AvgIpc) is 3.03. The smallest absolute Gasteiger partial charge is 0.0583 e. The molecular weight excluding hydrogens is 356 g/mol. The van der Waals surface area contributed by atoms with E-state index in [0.29, 0.717) is 5.92 Å². The van der Waals surface area contributed by atoms with Gasteiger partial charge in [-0.25, -0.2) is 0 Å². The fourth-order valence-electron chi connectivity index (χ4n) is 3.19. The second-order valence-electron chi connectivity index (χ2n) is 7.77. The highest BCUT2D eigenvalue weighted by Gasteiger charge is 2.25. The molecule has 1 rings (SSSR count). The fraction of sp³-hybridized carbons (Fsp3) is 0.704. The molecule has 0 aromatic carbocycles. The zero-order chi connectivity index (χ0) is 23.1. The highest BCUT2D eigenvalue weighted by atomic mass is 16.3. The maximum Gasteiger partial charge on any atom is 0.0583 e. The minimum atomic E-state index is -0.134. The highest BCUT2D eigenvalue weighted by molar-refractivity contribution is 5.09. The quantitative estimate of drug-likeness (QED) is 0.340. The van der Waals surface area contributed by atoms with Crippen molar-refractivity contribution in [3.63, 3.8) is 0 Å². The molecule has 2 nitrogen and oxygen atoms in total. The maximum atomic E-state index is 9.48. The molecule has 0 aromatic heterocycles. The van der Waals surface area contributed by atoms with E-state index >= 15 is 0 Å². The van der Waals surface area contributed by atoms with Crippen LogP contribution in [0.5, 0.6) is 0 Å². The molecule has 1 aliphatic carbocycles. The van der Waals surface area contributed by atoms with Crippen LogP contribution >= 0.6 is 0 Å². The Kier molecular flexibility index (Phi) is 28.0. The molecule has 0 amide bonds. The van der Waals surface area contributed by atoms with Gasteiger partial charge in [-0.3, -0.25) is 0 Å². The molecule has 172 valence electrons. The summed E-state index contributed by atoms with van der Waals surface area (Å²) in [6.07, 6.45) is 17.8. The summed E-state index contributed by atoms with van der Waals surface area (Å²) in [6, 6.07) is 0. The monoisotopic (exact) mass is 408 g/mol. The molecule has 0 heterocycles. The van der Waals surface area contributed by atoms with Gasteiger partial charge in [0.1, 0.15) is 0 Å². The van der Waals surface area contributed by atoms with E-state index in [0.717, 1.165) is 51.6 Å². The first-order chi connectivity index (χ1) is 13.9. The van der Waals surface area contributed by atoms with Gasteiger partial charge in [-0.05, 0) is 63.7 Å². The summed E-state index contributed by atoms with van der Waals surface area (Å²) in [6.45, 7) is 22.2. The van der Waals surface area contributed by atoms with Crippen molar-refractivity contribution >= 4 is 0 Å². The largest absolute Gasteiger partial charge is 0.400 e. The van der Waals surface area contributed by atoms with Crippen LogP contribution in [-0.2, 0) is 0 Å². The number of aliphatic hydroxyl groups is 2. The molecule has 1 saturated carbocycles. The van der Waals surface area contributed by atoms with Crippen molar-refractivity contribution in [2.24, 2.45) is 11.8 Å². The molecule has 0 aromatic rings. The molecular formula is C27H52O2. The van der Waals surface area contributed by atoms with E-state index in [2.05, 4.69) is 52.7 Å². The standard InChI is InChI=1S/C15H24O.C9H18.C2H6.CH4O/c1-12(2)8-6-4-5-7-9-14-11-15(16)10-13(14)3;1-4-6-8-9(3)7-5-2;2*1-2/h4-5,14-16H,1,3,6-11H2,2H3;5,9H,2,4,6-8H2,1,3H3;1-2H3;2H,1H3/b5-4-;;;/t14-,15-;;;/m1.../s1. The Hall–Kier alpha value is -1.12.